The Balaban J connectivity index is 2.20. The number of hydrogen-bond donors (Lipinski definition) is 0. The van der Waals surface area contributed by atoms with E-state index >= 15 is 0 Å². The third-order valence-electron chi connectivity index (χ3n) is 2.68. The minimum atomic E-state index is -0.839. The molecular weight excluding hydrogens is 186 g/mol. The van der Waals surface area contributed by atoms with Crippen LogP contribution in [0.2, 0.25) is 0 Å². The Morgan fingerprint density at radius 3 is 2.57 bits per heavy atom. The van der Waals surface area contributed by atoms with Crippen LogP contribution in [0.3, 0.4) is 0 Å². The lowest BCUT2D eigenvalue weighted by Crippen LogP contribution is -1.95. The molecule has 0 bridgehead atoms. The van der Waals surface area contributed by atoms with Gasteiger partial charge in [-0.3, -0.25) is 4.79 Å². The average molecular weight is 196 g/mol. The highest BCUT2D eigenvalue weighted by Gasteiger charge is 2.41. The van der Waals surface area contributed by atoms with E-state index in [1.165, 1.54) is 13.0 Å². The molecule has 1 aliphatic rings. The second-order valence-electron chi connectivity index (χ2n) is 3.73. The van der Waals surface area contributed by atoms with Gasteiger partial charge >= 0.3 is 0 Å². The van der Waals surface area contributed by atoms with Crippen molar-refractivity contribution in [3.63, 3.8) is 0 Å². The first-order valence-corrected chi connectivity index (χ1v) is 4.55. The second kappa shape index (κ2) is 3.15. The molecule has 1 saturated carbocycles. The minimum absolute atomic E-state index is 0.0138. The summed E-state index contributed by atoms with van der Waals surface area (Å²) in [6.45, 7) is 1.53. The van der Waals surface area contributed by atoms with Crippen molar-refractivity contribution < 1.29 is 13.6 Å². The van der Waals surface area contributed by atoms with E-state index in [9.17, 15) is 13.6 Å². The van der Waals surface area contributed by atoms with Gasteiger partial charge in [0.05, 0.1) is 0 Å². The Hall–Kier alpha value is -1.25. The summed E-state index contributed by atoms with van der Waals surface area (Å²) >= 11 is 0. The van der Waals surface area contributed by atoms with Gasteiger partial charge in [-0.1, -0.05) is 6.07 Å². The predicted octanol–water partition coefficient (Wildman–Crippen LogP) is 2.66. The molecule has 2 rings (SSSR count). The van der Waals surface area contributed by atoms with Gasteiger partial charge in [0, 0.05) is 5.92 Å². The fourth-order valence-electron chi connectivity index (χ4n) is 1.76. The molecule has 1 aliphatic carbocycles. The maximum absolute atomic E-state index is 12.8. The average Bonchev–Trinajstić information content (AvgIpc) is 2.89. The zero-order valence-corrected chi connectivity index (χ0v) is 7.76. The quantitative estimate of drug-likeness (QED) is 0.710. The van der Waals surface area contributed by atoms with Crippen molar-refractivity contribution >= 4 is 5.78 Å². The van der Waals surface area contributed by atoms with E-state index in [-0.39, 0.29) is 17.6 Å². The van der Waals surface area contributed by atoms with Crippen LogP contribution in [-0.2, 0) is 4.79 Å². The Kier molecular flexibility index (Phi) is 2.10. The SMILES string of the molecule is CC(=O)C1CC1c1ccc(F)c(F)c1. The lowest BCUT2D eigenvalue weighted by atomic mass is 10.1. The van der Waals surface area contributed by atoms with Crippen molar-refractivity contribution in [1.29, 1.82) is 0 Å². The van der Waals surface area contributed by atoms with Crippen LogP contribution in [0.4, 0.5) is 8.78 Å². The zero-order chi connectivity index (χ0) is 10.3. The molecule has 14 heavy (non-hydrogen) atoms. The molecule has 0 saturated heterocycles. The van der Waals surface area contributed by atoms with Crippen LogP contribution in [0, 0.1) is 17.6 Å². The standard InChI is InChI=1S/C11H10F2O/c1-6(14)8-5-9(8)7-2-3-10(12)11(13)4-7/h2-4,8-9H,5H2,1H3. The van der Waals surface area contributed by atoms with Crippen LogP contribution in [0.25, 0.3) is 0 Å². The highest BCUT2D eigenvalue weighted by Crippen LogP contribution is 2.47. The highest BCUT2D eigenvalue weighted by atomic mass is 19.2. The van der Waals surface area contributed by atoms with Crippen molar-refractivity contribution in [3.8, 4) is 0 Å². The van der Waals surface area contributed by atoms with Crippen LogP contribution in [-0.4, -0.2) is 5.78 Å². The van der Waals surface area contributed by atoms with Gasteiger partial charge in [0.25, 0.3) is 0 Å². The molecule has 0 radical (unpaired) electrons. The molecule has 2 atom stereocenters. The summed E-state index contributed by atoms with van der Waals surface area (Å²) in [5, 5.41) is 0. The van der Waals surface area contributed by atoms with Gasteiger partial charge in [0.15, 0.2) is 11.6 Å². The molecule has 0 aliphatic heterocycles. The number of hydrogen-bond acceptors (Lipinski definition) is 1. The fourth-order valence-corrected chi connectivity index (χ4v) is 1.76. The van der Waals surface area contributed by atoms with E-state index in [0.717, 1.165) is 18.1 Å². The summed E-state index contributed by atoms with van der Waals surface area (Å²) in [6, 6.07) is 3.84. The fraction of sp³-hybridized carbons (Fsp3) is 0.364. The van der Waals surface area contributed by atoms with Crippen molar-refractivity contribution in [2.24, 2.45) is 5.92 Å². The van der Waals surface area contributed by atoms with Gasteiger partial charge < -0.3 is 0 Å². The molecule has 0 amide bonds. The van der Waals surface area contributed by atoms with Crippen LogP contribution in [0.15, 0.2) is 18.2 Å². The maximum atomic E-state index is 12.8. The van der Waals surface area contributed by atoms with Crippen molar-refractivity contribution in [2.45, 2.75) is 19.3 Å². The Morgan fingerprint density at radius 1 is 1.36 bits per heavy atom. The number of carbonyl (C=O) groups excluding carboxylic acids is 1. The topological polar surface area (TPSA) is 17.1 Å². The highest BCUT2D eigenvalue weighted by molar-refractivity contribution is 5.82. The first kappa shape index (κ1) is 9.31. The van der Waals surface area contributed by atoms with Crippen molar-refractivity contribution in [1.82, 2.24) is 0 Å². The summed E-state index contributed by atoms with van der Waals surface area (Å²) in [7, 11) is 0. The Labute approximate surface area is 80.7 Å². The monoisotopic (exact) mass is 196 g/mol. The number of Topliss-reactive ketones (excluding diaryl/α,β-unsaturated/α-hetero) is 1. The molecule has 1 aromatic carbocycles. The summed E-state index contributed by atoms with van der Waals surface area (Å²) < 4.78 is 25.4. The van der Waals surface area contributed by atoms with E-state index in [1.807, 2.05) is 0 Å². The third kappa shape index (κ3) is 1.54. The van der Waals surface area contributed by atoms with E-state index in [2.05, 4.69) is 0 Å². The number of ketones is 1. The first-order valence-electron chi connectivity index (χ1n) is 4.55. The number of carbonyl (C=O) groups is 1. The van der Waals surface area contributed by atoms with Gasteiger partial charge in [-0.2, -0.15) is 0 Å². The summed E-state index contributed by atoms with van der Waals surface area (Å²) in [5.41, 5.74) is 0.726. The van der Waals surface area contributed by atoms with Crippen LogP contribution < -0.4 is 0 Å². The minimum Gasteiger partial charge on any atom is -0.300 e. The lowest BCUT2D eigenvalue weighted by molar-refractivity contribution is -0.118. The Morgan fingerprint density at radius 2 is 2.07 bits per heavy atom. The van der Waals surface area contributed by atoms with Gasteiger partial charge in [0.1, 0.15) is 5.78 Å². The lowest BCUT2D eigenvalue weighted by Gasteiger charge is -1.99. The molecule has 1 aromatic rings. The smallest absolute Gasteiger partial charge is 0.159 e. The summed E-state index contributed by atoms with van der Waals surface area (Å²) in [5.74, 6) is -1.44. The molecule has 1 fully saturated rings. The first-order chi connectivity index (χ1) is 6.59. The third-order valence-corrected chi connectivity index (χ3v) is 2.68. The number of rotatable bonds is 2. The molecule has 74 valence electrons. The normalized spacial score (nSPS) is 24.8. The molecule has 0 aromatic heterocycles. The number of halogens is 2. The summed E-state index contributed by atoms with van der Waals surface area (Å²) in [6.07, 6.45) is 0.764. The molecule has 0 N–H and O–H groups in total. The van der Waals surface area contributed by atoms with Gasteiger partial charge in [-0.25, -0.2) is 8.78 Å². The largest absolute Gasteiger partial charge is 0.300 e. The van der Waals surface area contributed by atoms with E-state index < -0.39 is 11.6 Å². The molecular formula is C11H10F2O. The van der Waals surface area contributed by atoms with Gasteiger partial charge in [-0.05, 0) is 37.0 Å². The van der Waals surface area contributed by atoms with Gasteiger partial charge in [0.2, 0.25) is 0 Å². The molecule has 0 spiro atoms. The van der Waals surface area contributed by atoms with E-state index in [4.69, 9.17) is 0 Å². The zero-order valence-electron chi connectivity index (χ0n) is 7.76. The second-order valence-corrected chi connectivity index (χ2v) is 3.73. The number of benzene rings is 1. The van der Waals surface area contributed by atoms with E-state index in [1.54, 1.807) is 6.07 Å². The molecule has 2 unspecified atom stereocenters. The van der Waals surface area contributed by atoms with Crippen LogP contribution in [0.1, 0.15) is 24.8 Å². The molecule has 3 heteroatoms. The predicted molar refractivity (Wildman–Crippen MR) is 47.9 cm³/mol. The van der Waals surface area contributed by atoms with Gasteiger partial charge in [-0.15, -0.1) is 0 Å². The van der Waals surface area contributed by atoms with Crippen LogP contribution >= 0.6 is 0 Å². The van der Waals surface area contributed by atoms with E-state index in [0.29, 0.717) is 0 Å². The Bertz CT molecular complexity index is 387. The molecule has 0 heterocycles. The summed E-state index contributed by atoms with van der Waals surface area (Å²) in [4.78, 5) is 11.0. The van der Waals surface area contributed by atoms with Crippen LogP contribution in [0.5, 0.6) is 0 Å². The maximum Gasteiger partial charge on any atom is 0.159 e. The van der Waals surface area contributed by atoms with Crippen molar-refractivity contribution in [2.75, 3.05) is 0 Å². The van der Waals surface area contributed by atoms with Crippen molar-refractivity contribution in [3.05, 3.63) is 35.4 Å². The molecule has 1 nitrogen and oxygen atoms in total.